The molecule has 0 aliphatic heterocycles. The lowest BCUT2D eigenvalue weighted by atomic mass is 9.63. The van der Waals surface area contributed by atoms with Crippen molar-refractivity contribution in [2.75, 3.05) is 6.54 Å². The summed E-state index contributed by atoms with van der Waals surface area (Å²) in [7, 11) is 0. The van der Waals surface area contributed by atoms with Gasteiger partial charge < -0.3 is 5.32 Å². The van der Waals surface area contributed by atoms with Crippen LogP contribution in [0.1, 0.15) is 72.6 Å². The minimum absolute atomic E-state index is 0.599. The molecule has 2 aliphatic carbocycles. The summed E-state index contributed by atoms with van der Waals surface area (Å²) < 4.78 is 0. The van der Waals surface area contributed by atoms with E-state index in [1.807, 2.05) is 0 Å². The summed E-state index contributed by atoms with van der Waals surface area (Å²) in [5.74, 6) is 2.99. The Labute approximate surface area is 114 Å². The summed E-state index contributed by atoms with van der Waals surface area (Å²) >= 11 is 0. The van der Waals surface area contributed by atoms with E-state index in [1.54, 1.807) is 0 Å². The fourth-order valence-electron chi connectivity index (χ4n) is 4.27. The van der Waals surface area contributed by atoms with Crippen LogP contribution in [0.3, 0.4) is 0 Å². The summed E-state index contributed by atoms with van der Waals surface area (Å²) in [6.45, 7) is 10.8. The van der Waals surface area contributed by atoms with E-state index >= 15 is 0 Å². The molecule has 0 aromatic rings. The Bertz CT molecular complexity index is 248. The summed E-state index contributed by atoms with van der Waals surface area (Å²) in [6, 6.07) is 0.643. The zero-order chi connectivity index (χ0) is 13.2. The van der Waals surface area contributed by atoms with E-state index in [0.29, 0.717) is 11.5 Å². The summed E-state index contributed by atoms with van der Waals surface area (Å²) in [6.07, 6.45) is 10.4. The predicted molar refractivity (Wildman–Crippen MR) is 79.7 cm³/mol. The maximum absolute atomic E-state index is 3.70. The molecular weight excluding hydrogens is 218 g/mol. The van der Waals surface area contributed by atoms with E-state index in [0.717, 1.165) is 17.8 Å². The van der Waals surface area contributed by atoms with E-state index < -0.39 is 0 Å². The normalized spacial score (nSPS) is 33.2. The molecular formula is C17H33N. The van der Waals surface area contributed by atoms with Crippen molar-refractivity contribution in [3.05, 3.63) is 0 Å². The average Bonchev–Trinajstić information content (AvgIpc) is 2.79. The Morgan fingerprint density at radius 2 is 1.78 bits per heavy atom. The molecule has 2 rings (SSSR count). The van der Waals surface area contributed by atoms with Crippen LogP contribution in [0.25, 0.3) is 0 Å². The van der Waals surface area contributed by atoms with Gasteiger partial charge in [-0.25, -0.2) is 0 Å². The fraction of sp³-hybridized carbons (Fsp3) is 1.00. The molecule has 1 N–H and O–H groups in total. The second-order valence-electron chi connectivity index (χ2n) is 7.94. The van der Waals surface area contributed by atoms with Crippen molar-refractivity contribution < 1.29 is 0 Å². The van der Waals surface area contributed by atoms with Crippen molar-refractivity contribution in [3.63, 3.8) is 0 Å². The van der Waals surface area contributed by atoms with Gasteiger partial charge in [0.2, 0.25) is 0 Å². The van der Waals surface area contributed by atoms with Gasteiger partial charge in [-0.05, 0) is 49.0 Å². The van der Waals surface area contributed by atoms with Crippen LogP contribution in [-0.2, 0) is 0 Å². The molecule has 2 saturated carbocycles. The van der Waals surface area contributed by atoms with Gasteiger partial charge in [-0.15, -0.1) is 0 Å². The van der Waals surface area contributed by atoms with Crippen LogP contribution in [0.5, 0.6) is 0 Å². The van der Waals surface area contributed by atoms with Crippen molar-refractivity contribution in [3.8, 4) is 0 Å². The molecule has 0 amide bonds. The smallest absolute Gasteiger partial charge is 0.00104 e. The number of hydrogen-bond donors (Lipinski definition) is 1. The van der Waals surface area contributed by atoms with Gasteiger partial charge in [-0.2, -0.15) is 0 Å². The van der Waals surface area contributed by atoms with Gasteiger partial charge in [0.05, 0.1) is 0 Å². The van der Waals surface area contributed by atoms with Crippen molar-refractivity contribution in [2.24, 2.45) is 23.2 Å². The molecule has 1 nitrogen and oxygen atoms in total. The van der Waals surface area contributed by atoms with E-state index in [1.165, 1.54) is 51.5 Å². The lowest BCUT2D eigenvalue weighted by Gasteiger charge is -2.44. The lowest BCUT2D eigenvalue weighted by Crippen LogP contribution is -2.40. The third-order valence-electron chi connectivity index (χ3n) is 5.38. The van der Waals surface area contributed by atoms with Crippen LogP contribution in [0.4, 0.5) is 0 Å². The largest absolute Gasteiger partial charge is 0.314 e. The Morgan fingerprint density at radius 1 is 1.11 bits per heavy atom. The molecule has 1 heteroatoms. The first-order valence-electron chi connectivity index (χ1n) is 8.21. The van der Waals surface area contributed by atoms with Crippen LogP contribution in [0.15, 0.2) is 0 Å². The van der Waals surface area contributed by atoms with E-state index in [4.69, 9.17) is 0 Å². The molecule has 0 spiro atoms. The first kappa shape index (κ1) is 14.4. The number of nitrogens with one attached hydrogen (secondary N) is 1. The molecule has 2 atom stereocenters. The zero-order valence-corrected chi connectivity index (χ0v) is 13.0. The Morgan fingerprint density at radius 3 is 2.39 bits per heavy atom. The van der Waals surface area contributed by atoms with Crippen molar-refractivity contribution >= 4 is 0 Å². The second kappa shape index (κ2) is 5.94. The van der Waals surface area contributed by atoms with E-state index in [-0.39, 0.29) is 0 Å². The molecule has 0 radical (unpaired) electrons. The molecule has 0 aromatic heterocycles. The Balaban J connectivity index is 1.97. The monoisotopic (exact) mass is 251 g/mol. The predicted octanol–water partition coefficient (Wildman–Crippen LogP) is 4.62. The summed E-state index contributed by atoms with van der Waals surface area (Å²) in [5.41, 5.74) is 0.599. The maximum Gasteiger partial charge on any atom is 0.00104 e. The lowest BCUT2D eigenvalue weighted by molar-refractivity contribution is 0.0737. The molecule has 0 saturated heterocycles. The SMILES string of the molecule is CC(C)NCC1CCC(C)(C)CC1C1CCCC1. The molecule has 2 aliphatic rings. The summed E-state index contributed by atoms with van der Waals surface area (Å²) in [4.78, 5) is 0. The highest BCUT2D eigenvalue weighted by molar-refractivity contribution is 4.90. The molecule has 2 unspecified atom stereocenters. The molecule has 0 bridgehead atoms. The molecule has 106 valence electrons. The zero-order valence-electron chi connectivity index (χ0n) is 13.0. The highest BCUT2D eigenvalue weighted by Crippen LogP contribution is 2.48. The highest BCUT2D eigenvalue weighted by atomic mass is 14.9. The van der Waals surface area contributed by atoms with Crippen LogP contribution in [-0.4, -0.2) is 12.6 Å². The Hall–Kier alpha value is -0.0400. The summed E-state index contributed by atoms with van der Waals surface area (Å²) in [5, 5.41) is 3.70. The second-order valence-corrected chi connectivity index (χ2v) is 7.94. The molecule has 0 heterocycles. The first-order chi connectivity index (χ1) is 8.48. The third-order valence-corrected chi connectivity index (χ3v) is 5.38. The van der Waals surface area contributed by atoms with Crippen molar-refractivity contribution in [1.29, 1.82) is 0 Å². The molecule has 0 aromatic carbocycles. The van der Waals surface area contributed by atoms with Gasteiger partial charge in [0.15, 0.2) is 0 Å². The Kier molecular flexibility index (Phi) is 4.75. The van der Waals surface area contributed by atoms with Crippen LogP contribution < -0.4 is 5.32 Å². The third kappa shape index (κ3) is 3.73. The van der Waals surface area contributed by atoms with Crippen LogP contribution in [0.2, 0.25) is 0 Å². The highest BCUT2D eigenvalue weighted by Gasteiger charge is 2.39. The van der Waals surface area contributed by atoms with Gasteiger partial charge in [0, 0.05) is 6.04 Å². The van der Waals surface area contributed by atoms with Gasteiger partial charge in [0.1, 0.15) is 0 Å². The van der Waals surface area contributed by atoms with Gasteiger partial charge in [-0.3, -0.25) is 0 Å². The van der Waals surface area contributed by atoms with Crippen molar-refractivity contribution in [1.82, 2.24) is 5.32 Å². The minimum atomic E-state index is 0.599. The standard InChI is InChI=1S/C17H33N/c1-13(2)18-12-15-9-10-17(3,4)11-16(15)14-7-5-6-8-14/h13-16,18H,5-12H2,1-4H3. The number of hydrogen-bond acceptors (Lipinski definition) is 1. The number of rotatable bonds is 4. The van der Waals surface area contributed by atoms with E-state index in [2.05, 4.69) is 33.0 Å². The van der Waals surface area contributed by atoms with Gasteiger partial charge in [-0.1, -0.05) is 53.4 Å². The average molecular weight is 251 g/mol. The van der Waals surface area contributed by atoms with Gasteiger partial charge in [0.25, 0.3) is 0 Å². The topological polar surface area (TPSA) is 12.0 Å². The molecule has 18 heavy (non-hydrogen) atoms. The van der Waals surface area contributed by atoms with Crippen LogP contribution in [0, 0.1) is 23.2 Å². The maximum atomic E-state index is 3.70. The van der Waals surface area contributed by atoms with Crippen LogP contribution >= 0.6 is 0 Å². The molecule has 2 fully saturated rings. The quantitative estimate of drug-likeness (QED) is 0.769. The van der Waals surface area contributed by atoms with Gasteiger partial charge >= 0.3 is 0 Å². The van der Waals surface area contributed by atoms with Crippen molar-refractivity contribution in [2.45, 2.75) is 78.7 Å². The first-order valence-corrected chi connectivity index (χ1v) is 8.21. The minimum Gasteiger partial charge on any atom is -0.314 e. The van der Waals surface area contributed by atoms with E-state index in [9.17, 15) is 0 Å². The fourth-order valence-corrected chi connectivity index (χ4v) is 4.27.